The topological polar surface area (TPSA) is 55.4 Å². The van der Waals surface area contributed by atoms with Crippen molar-refractivity contribution in [3.8, 4) is 0 Å². The maximum absolute atomic E-state index is 11.6. The Morgan fingerprint density at radius 1 is 1.32 bits per heavy atom. The first-order valence-electron chi connectivity index (χ1n) is 6.56. The van der Waals surface area contributed by atoms with Crippen molar-refractivity contribution in [3.63, 3.8) is 0 Å². The lowest BCUT2D eigenvalue weighted by Crippen LogP contribution is -2.27. The average molecular weight is 261 g/mol. The van der Waals surface area contributed by atoms with E-state index in [1.807, 2.05) is 12.1 Å². The lowest BCUT2D eigenvalue weighted by atomic mass is 10.1. The lowest BCUT2D eigenvalue weighted by molar-refractivity contribution is -0.122. The number of carbonyl (C=O) groups excluding carboxylic acids is 2. The van der Waals surface area contributed by atoms with Gasteiger partial charge in [-0.3, -0.25) is 4.79 Å². The molecular weight excluding hydrogens is 242 g/mol. The van der Waals surface area contributed by atoms with Crippen LogP contribution in [0.1, 0.15) is 29.3 Å². The van der Waals surface area contributed by atoms with Crippen molar-refractivity contribution in [2.45, 2.75) is 19.8 Å². The van der Waals surface area contributed by atoms with E-state index < -0.39 is 0 Å². The van der Waals surface area contributed by atoms with Crippen molar-refractivity contribution in [1.29, 1.82) is 0 Å². The molecular formula is C15H19NO3. The minimum atomic E-state index is -0.331. The minimum Gasteiger partial charge on any atom is -0.465 e. The van der Waals surface area contributed by atoms with E-state index >= 15 is 0 Å². The van der Waals surface area contributed by atoms with Crippen molar-refractivity contribution in [2.24, 2.45) is 11.8 Å². The van der Waals surface area contributed by atoms with Gasteiger partial charge in [0.2, 0.25) is 5.91 Å². The molecule has 0 aromatic heterocycles. The molecule has 0 radical (unpaired) electrons. The van der Waals surface area contributed by atoms with Crippen LogP contribution >= 0.6 is 0 Å². The van der Waals surface area contributed by atoms with Crippen LogP contribution in [0.2, 0.25) is 0 Å². The monoisotopic (exact) mass is 261 g/mol. The van der Waals surface area contributed by atoms with Gasteiger partial charge in [0.15, 0.2) is 0 Å². The first-order valence-corrected chi connectivity index (χ1v) is 6.56. The largest absolute Gasteiger partial charge is 0.465 e. The van der Waals surface area contributed by atoms with Crippen LogP contribution < -0.4 is 5.32 Å². The Bertz CT molecular complexity index is 467. The van der Waals surface area contributed by atoms with Gasteiger partial charge >= 0.3 is 5.97 Å². The standard InChI is InChI=1S/C15H19NO3/c1-10-9-13(10)14(17)16-8-7-11-3-5-12(6-4-11)15(18)19-2/h3-6,10,13H,7-9H2,1-2H3,(H,16,17)/t10-,13-/m0/s1. The molecule has 0 unspecified atom stereocenters. The maximum atomic E-state index is 11.6. The molecule has 1 N–H and O–H groups in total. The summed E-state index contributed by atoms with van der Waals surface area (Å²) in [5.41, 5.74) is 1.64. The number of nitrogens with one attached hydrogen (secondary N) is 1. The second kappa shape index (κ2) is 5.87. The van der Waals surface area contributed by atoms with E-state index in [0.717, 1.165) is 18.4 Å². The van der Waals surface area contributed by atoms with Gasteiger partial charge < -0.3 is 10.1 Å². The zero-order valence-electron chi connectivity index (χ0n) is 11.3. The molecule has 1 aliphatic carbocycles. The van der Waals surface area contributed by atoms with Crippen molar-refractivity contribution < 1.29 is 14.3 Å². The van der Waals surface area contributed by atoms with Gasteiger partial charge in [-0.2, -0.15) is 0 Å². The quantitative estimate of drug-likeness (QED) is 0.822. The van der Waals surface area contributed by atoms with Crippen LogP contribution in [0.3, 0.4) is 0 Å². The van der Waals surface area contributed by atoms with Crippen LogP contribution in [0, 0.1) is 11.8 Å². The zero-order valence-corrected chi connectivity index (χ0v) is 11.3. The Morgan fingerprint density at radius 2 is 1.95 bits per heavy atom. The van der Waals surface area contributed by atoms with Gasteiger partial charge in [0, 0.05) is 12.5 Å². The molecule has 102 valence electrons. The second-order valence-corrected chi connectivity index (χ2v) is 5.05. The van der Waals surface area contributed by atoms with Gasteiger partial charge in [0.05, 0.1) is 12.7 Å². The zero-order chi connectivity index (χ0) is 13.8. The van der Waals surface area contributed by atoms with Crippen molar-refractivity contribution >= 4 is 11.9 Å². The van der Waals surface area contributed by atoms with Crippen LogP contribution in [0.15, 0.2) is 24.3 Å². The third-order valence-electron chi connectivity index (χ3n) is 3.53. The van der Waals surface area contributed by atoms with Gasteiger partial charge in [-0.05, 0) is 36.5 Å². The summed E-state index contributed by atoms with van der Waals surface area (Å²) in [6.45, 7) is 2.73. The third kappa shape index (κ3) is 3.56. The van der Waals surface area contributed by atoms with Crippen LogP contribution in [0.25, 0.3) is 0 Å². The summed E-state index contributed by atoms with van der Waals surface area (Å²) in [4.78, 5) is 22.9. The Kier molecular flexibility index (Phi) is 4.20. The van der Waals surface area contributed by atoms with Crippen LogP contribution in [0.5, 0.6) is 0 Å². The van der Waals surface area contributed by atoms with Gasteiger partial charge in [0.1, 0.15) is 0 Å². The maximum Gasteiger partial charge on any atom is 0.337 e. The molecule has 1 aromatic rings. The molecule has 1 amide bonds. The third-order valence-corrected chi connectivity index (χ3v) is 3.53. The number of rotatable bonds is 5. The van der Waals surface area contributed by atoms with Crippen molar-refractivity contribution in [3.05, 3.63) is 35.4 Å². The smallest absolute Gasteiger partial charge is 0.337 e. The summed E-state index contributed by atoms with van der Waals surface area (Å²) in [6.07, 6.45) is 1.79. The normalized spacial score (nSPS) is 20.7. The highest BCUT2D eigenvalue weighted by Gasteiger charge is 2.38. The molecule has 0 heterocycles. The summed E-state index contributed by atoms with van der Waals surface area (Å²) in [5.74, 6) is 0.599. The molecule has 4 heteroatoms. The summed E-state index contributed by atoms with van der Waals surface area (Å²) in [7, 11) is 1.37. The number of ether oxygens (including phenoxy) is 1. The Morgan fingerprint density at radius 3 is 2.47 bits per heavy atom. The highest BCUT2D eigenvalue weighted by molar-refractivity contribution is 5.89. The lowest BCUT2D eigenvalue weighted by Gasteiger charge is -2.05. The van der Waals surface area contributed by atoms with Gasteiger partial charge in [-0.25, -0.2) is 4.79 Å². The molecule has 1 aliphatic rings. The number of methoxy groups -OCH3 is 1. The average Bonchev–Trinajstić information content (AvgIpc) is 3.16. The SMILES string of the molecule is COC(=O)c1ccc(CCNC(=O)[C@H]2C[C@@H]2C)cc1. The predicted molar refractivity (Wildman–Crippen MR) is 71.8 cm³/mol. The highest BCUT2D eigenvalue weighted by Crippen LogP contribution is 2.37. The molecule has 19 heavy (non-hydrogen) atoms. The fraction of sp³-hybridized carbons (Fsp3) is 0.467. The van der Waals surface area contributed by atoms with E-state index in [1.54, 1.807) is 12.1 Å². The van der Waals surface area contributed by atoms with Crippen LogP contribution in [-0.2, 0) is 16.0 Å². The van der Waals surface area contributed by atoms with Crippen molar-refractivity contribution in [1.82, 2.24) is 5.32 Å². The van der Waals surface area contributed by atoms with E-state index in [1.165, 1.54) is 7.11 Å². The fourth-order valence-corrected chi connectivity index (χ4v) is 2.07. The molecule has 2 atom stereocenters. The number of esters is 1. The Labute approximate surface area is 113 Å². The van der Waals surface area contributed by atoms with Crippen LogP contribution in [0.4, 0.5) is 0 Å². The first-order chi connectivity index (χ1) is 9.11. The van der Waals surface area contributed by atoms with E-state index in [0.29, 0.717) is 18.0 Å². The number of hydrogen-bond donors (Lipinski definition) is 1. The molecule has 1 saturated carbocycles. The van der Waals surface area contributed by atoms with Crippen LogP contribution in [-0.4, -0.2) is 25.5 Å². The van der Waals surface area contributed by atoms with E-state index in [9.17, 15) is 9.59 Å². The van der Waals surface area contributed by atoms with E-state index in [-0.39, 0.29) is 17.8 Å². The first kappa shape index (κ1) is 13.6. The summed E-state index contributed by atoms with van der Waals surface area (Å²) in [6, 6.07) is 7.26. The van der Waals surface area contributed by atoms with E-state index in [2.05, 4.69) is 17.0 Å². The Hall–Kier alpha value is -1.84. The summed E-state index contributed by atoms with van der Waals surface area (Å²) >= 11 is 0. The second-order valence-electron chi connectivity index (χ2n) is 5.05. The fourth-order valence-electron chi connectivity index (χ4n) is 2.07. The molecule has 0 aliphatic heterocycles. The predicted octanol–water partition coefficient (Wildman–Crippen LogP) is 1.79. The number of benzene rings is 1. The molecule has 2 rings (SSSR count). The minimum absolute atomic E-state index is 0.165. The summed E-state index contributed by atoms with van der Waals surface area (Å²) < 4.78 is 4.64. The molecule has 1 fully saturated rings. The molecule has 0 bridgehead atoms. The van der Waals surface area contributed by atoms with Gasteiger partial charge in [0.25, 0.3) is 0 Å². The van der Waals surface area contributed by atoms with E-state index in [4.69, 9.17) is 0 Å². The van der Waals surface area contributed by atoms with Gasteiger partial charge in [-0.1, -0.05) is 19.1 Å². The molecule has 4 nitrogen and oxygen atoms in total. The number of carbonyl (C=O) groups is 2. The van der Waals surface area contributed by atoms with Gasteiger partial charge in [-0.15, -0.1) is 0 Å². The number of amides is 1. The summed E-state index contributed by atoms with van der Waals surface area (Å²) in [5, 5.41) is 2.94. The Balaban J connectivity index is 1.77. The molecule has 0 spiro atoms. The molecule has 0 saturated heterocycles. The molecule has 1 aromatic carbocycles. The highest BCUT2D eigenvalue weighted by atomic mass is 16.5. The number of hydrogen-bond acceptors (Lipinski definition) is 3. The van der Waals surface area contributed by atoms with Crippen molar-refractivity contribution in [2.75, 3.05) is 13.7 Å².